The SMILES string of the molecule is NC(=O)Nc1ccc(NC(=O)Cc2csc(Cc3ccccc3)n2)cc1. The highest BCUT2D eigenvalue weighted by Crippen LogP contribution is 2.17. The highest BCUT2D eigenvalue weighted by atomic mass is 32.1. The van der Waals surface area contributed by atoms with Crippen LogP contribution in [0.4, 0.5) is 16.2 Å². The number of aromatic nitrogens is 1. The molecule has 1 aromatic heterocycles. The van der Waals surface area contributed by atoms with Crippen molar-refractivity contribution in [1.82, 2.24) is 4.98 Å². The van der Waals surface area contributed by atoms with Gasteiger partial charge in [-0.15, -0.1) is 11.3 Å². The molecule has 0 atom stereocenters. The van der Waals surface area contributed by atoms with Gasteiger partial charge in [-0.25, -0.2) is 9.78 Å². The summed E-state index contributed by atoms with van der Waals surface area (Å²) in [6.45, 7) is 0. The van der Waals surface area contributed by atoms with Crippen molar-refractivity contribution >= 4 is 34.6 Å². The lowest BCUT2D eigenvalue weighted by Gasteiger charge is -2.06. The van der Waals surface area contributed by atoms with Gasteiger partial charge in [-0.1, -0.05) is 30.3 Å². The number of anilines is 2. The van der Waals surface area contributed by atoms with E-state index in [1.807, 2.05) is 23.6 Å². The molecule has 0 unspecified atom stereocenters. The van der Waals surface area contributed by atoms with Crippen molar-refractivity contribution in [2.45, 2.75) is 12.8 Å². The standard InChI is InChI=1S/C19H18N4O2S/c20-19(25)23-15-8-6-14(7-9-15)21-17(24)11-16-12-26-18(22-16)10-13-4-2-1-3-5-13/h1-9,12H,10-11H2,(H,21,24)(H3,20,23,25). The van der Waals surface area contributed by atoms with Crippen LogP contribution in [0.3, 0.4) is 0 Å². The van der Waals surface area contributed by atoms with E-state index in [-0.39, 0.29) is 12.3 Å². The fourth-order valence-electron chi connectivity index (χ4n) is 2.43. The van der Waals surface area contributed by atoms with Crippen LogP contribution in [0.1, 0.15) is 16.3 Å². The van der Waals surface area contributed by atoms with Crippen LogP contribution < -0.4 is 16.4 Å². The summed E-state index contributed by atoms with van der Waals surface area (Å²) < 4.78 is 0. The Labute approximate surface area is 155 Å². The number of nitrogens with one attached hydrogen (secondary N) is 2. The largest absolute Gasteiger partial charge is 0.351 e. The van der Waals surface area contributed by atoms with Crippen LogP contribution in [0.2, 0.25) is 0 Å². The zero-order valence-corrected chi connectivity index (χ0v) is 14.8. The number of hydrogen-bond acceptors (Lipinski definition) is 4. The van der Waals surface area contributed by atoms with Crippen LogP contribution in [-0.4, -0.2) is 16.9 Å². The topological polar surface area (TPSA) is 97.1 Å². The third kappa shape index (κ3) is 5.15. The van der Waals surface area contributed by atoms with E-state index >= 15 is 0 Å². The van der Waals surface area contributed by atoms with Gasteiger partial charge in [0.05, 0.1) is 17.1 Å². The summed E-state index contributed by atoms with van der Waals surface area (Å²) in [5, 5.41) is 8.18. The Balaban J connectivity index is 1.54. The molecule has 1 heterocycles. The second kappa shape index (κ2) is 8.26. The smallest absolute Gasteiger partial charge is 0.316 e. The molecule has 0 aliphatic rings. The maximum atomic E-state index is 12.2. The van der Waals surface area contributed by atoms with Crippen molar-refractivity contribution in [3.8, 4) is 0 Å². The minimum atomic E-state index is -0.628. The lowest BCUT2D eigenvalue weighted by molar-refractivity contribution is -0.115. The zero-order valence-electron chi connectivity index (χ0n) is 13.9. The molecule has 0 fully saturated rings. The normalized spacial score (nSPS) is 10.3. The van der Waals surface area contributed by atoms with E-state index in [0.29, 0.717) is 11.4 Å². The second-order valence-corrected chi connectivity index (χ2v) is 6.63. The first kappa shape index (κ1) is 17.6. The zero-order chi connectivity index (χ0) is 18.4. The average Bonchev–Trinajstić information content (AvgIpc) is 3.04. The number of carbonyl (C=O) groups is 2. The minimum absolute atomic E-state index is 0.142. The molecule has 0 radical (unpaired) electrons. The summed E-state index contributed by atoms with van der Waals surface area (Å²) in [5.41, 5.74) is 8.22. The maximum Gasteiger partial charge on any atom is 0.316 e. The molecule has 6 nitrogen and oxygen atoms in total. The summed E-state index contributed by atoms with van der Waals surface area (Å²) in [6, 6.07) is 16.2. The van der Waals surface area contributed by atoms with E-state index in [4.69, 9.17) is 5.73 Å². The Morgan fingerprint density at radius 3 is 2.27 bits per heavy atom. The fourth-order valence-corrected chi connectivity index (χ4v) is 3.26. The Morgan fingerprint density at radius 1 is 0.962 bits per heavy atom. The van der Waals surface area contributed by atoms with E-state index in [9.17, 15) is 9.59 Å². The molecule has 2 aromatic carbocycles. The van der Waals surface area contributed by atoms with Gasteiger partial charge in [0.15, 0.2) is 0 Å². The molecule has 0 aliphatic heterocycles. The van der Waals surface area contributed by atoms with Crippen LogP contribution in [0.25, 0.3) is 0 Å². The lowest BCUT2D eigenvalue weighted by Crippen LogP contribution is -2.19. The van der Waals surface area contributed by atoms with Gasteiger partial charge in [-0.05, 0) is 29.8 Å². The third-order valence-electron chi connectivity index (χ3n) is 3.58. The molecule has 0 spiro atoms. The van der Waals surface area contributed by atoms with Crippen molar-refractivity contribution < 1.29 is 9.59 Å². The van der Waals surface area contributed by atoms with Crippen LogP contribution >= 0.6 is 11.3 Å². The van der Waals surface area contributed by atoms with Crippen LogP contribution in [0.15, 0.2) is 60.0 Å². The number of rotatable bonds is 6. The van der Waals surface area contributed by atoms with Crippen LogP contribution in [-0.2, 0) is 17.6 Å². The molecule has 0 aliphatic carbocycles. The van der Waals surface area contributed by atoms with Crippen molar-refractivity contribution in [2.24, 2.45) is 5.73 Å². The summed E-state index contributed by atoms with van der Waals surface area (Å²) in [6.07, 6.45) is 0.980. The second-order valence-electron chi connectivity index (χ2n) is 5.69. The van der Waals surface area contributed by atoms with Crippen LogP contribution in [0.5, 0.6) is 0 Å². The summed E-state index contributed by atoms with van der Waals surface area (Å²) >= 11 is 1.56. The highest BCUT2D eigenvalue weighted by Gasteiger charge is 2.09. The monoisotopic (exact) mass is 366 g/mol. The number of thiazole rings is 1. The number of urea groups is 1. The molecule has 3 rings (SSSR count). The highest BCUT2D eigenvalue weighted by molar-refractivity contribution is 7.09. The van der Waals surface area contributed by atoms with Crippen molar-refractivity contribution in [1.29, 1.82) is 0 Å². The Hall–Kier alpha value is -3.19. The molecule has 4 N–H and O–H groups in total. The molecule has 0 saturated heterocycles. The molecule has 132 valence electrons. The van der Waals surface area contributed by atoms with E-state index in [0.717, 1.165) is 17.1 Å². The summed E-state index contributed by atoms with van der Waals surface area (Å²) in [7, 11) is 0. The quantitative estimate of drug-likeness (QED) is 0.624. The number of nitrogens with zero attached hydrogens (tertiary/aromatic N) is 1. The number of carbonyl (C=O) groups excluding carboxylic acids is 2. The molecular weight excluding hydrogens is 348 g/mol. The van der Waals surface area contributed by atoms with E-state index < -0.39 is 6.03 Å². The Bertz CT molecular complexity index is 891. The minimum Gasteiger partial charge on any atom is -0.351 e. The number of nitrogens with two attached hydrogens (primary N) is 1. The molecular formula is C19H18N4O2S. The number of hydrogen-bond donors (Lipinski definition) is 3. The van der Waals surface area contributed by atoms with Crippen molar-refractivity contribution in [3.63, 3.8) is 0 Å². The van der Waals surface area contributed by atoms with Gasteiger partial charge in [0.2, 0.25) is 5.91 Å². The van der Waals surface area contributed by atoms with Gasteiger partial charge in [0.25, 0.3) is 0 Å². The molecule has 7 heteroatoms. The van der Waals surface area contributed by atoms with Crippen LogP contribution in [0, 0.1) is 0 Å². The Morgan fingerprint density at radius 2 is 1.62 bits per heavy atom. The maximum absolute atomic E-state index is 12.2. The molecule has 3 aromatic rings. The summed E-state index contributed by atoms with van der Waals surface area (Å²) in [4.78, 5) is 27.5. The van der Waals surface area contributed by atoms with Gasteiger partial charge in [0.1, 0.15) is 0 Å². The number of benzene rings is 2. The molecule has 26 heavy (non-hydrogen) atoms. The van der Waals surface area contributed by atoms with E-state index in [2.05, 4.69) is 27.8 Å². The van der Waals surface area contributed by atoms with Crippen molar-refractivity contribution in [3.05, 3.63) is 76.2 Å². The van der Waals surface area contributed by atoms with E-state index in [1.54, 1.807) is 35.6 Å². The molecule has 0 saturated carbocycles. The van der Waals surface area contributed by atoms with Gasteiger partial charge in [0, 0.05) is 23.2 Å². The molecule has 3 amide bonds. The van der Waals surface area contributed by atoms with Gasteiger partial charge in [-0.3, -0.25) is 4.79 Å². The Kier molecular flexibility index (Phi) is 5.60. The first-order valence-electron chi connectivity index (χ1n) is 8.02. The lowest BCUT2D eigenvalue weighted by atomic mass is 10.2. The molecule has 0 bridgehead atoms. The first-order valence-corrected chi connectivity index (χ1v) is 8.90. The fraction of sp³-hybridized carbons (Fsp3) is 0.105. The van der Waals surface area contributed by atoms with Gasteiger partial charge in [-0.2, -0.15) is 0 Å². The first-order chi connectivity index (χ1) is 12.6. The summed E-state index contributed by atoms with van der Waals surface area (Å²) in [5.74, 6) is -0.142. The predicted molar refractivity (Wildman–Crippen MR) is 103 cm³/mol. The van der Waals surface area contributed by atoms with Crippen molar-refractivity contribution in [2.75, 3.05) is 10.6 Å². The van der Waals surface area contributed by atoms with E-state index in [1.165, 1.54) is 5.56 Å². The third-order valence-corrected chi connectivity index (χ3v) is 4.47. The predicted octanol–water partition coefficient (Wildman–Crippen LogP) is 3.41. The average molecular weight is 366 g/mol. The van der Waals surface area contributed by atoms with Gasteiger partial charge >= 0.3 is 6.03 Å². The van der Waals surface area contributed by atoms with Gasteiger partial charge < -0.3 is 16.4 Å². The number of amides is 3. The number of primary amides is 1.